The zero-order valence-corrected chi connectivity index (χ0v) is 17.3. The van der Waals surface area contributed by atoms with E-state index in [0.29, 0.717) is 15.6 Å². The van der Waals surface area contributed by atoms with Crippen molar-refractivity contribution in [2.75, 3.05) is 0 Å². The molecule has 0 saturated carbocycles. The Labute approximate surface area is 180 Å². The lowest BCUT2D eigenvalue weighted by atomic mass is 10.1. The van der Waals surface area contributed by atoms with Crippen molar-refractivity contribution in [2.45, 2.75) is 6.42 Å². The minimum atomic E-state index is 0.166. The van der Waals surface area contributed by atoms with Crippen LogP contribution in [0.5, 0.6) is 0 Å². The molecule has 0 saturated heterocycles. The van der Waals surface area contributed by atoms with Gasteiger partial charge in [0.05, 0.1) is 35.4 Å². The fourth-order valence-corrected chi connectivity index (χ4v) is 4.75. The third-order valence-corrected chi connectivity index (χ3v) is 6.25. The van der Waals surface area contributed by atoms with E-state index in [-0.39, 0.29) is 6.42 Å². The number of fused-ring (bicyclic) bond motifs is 3. The first-order chi connectivity index (χ1) is 14.2. The second kappa shape index (κ2) is 7.16. The van der Waals surface area contributed by atoms with Gasteiger partial charge in [0.1, 0.15) is 11.8 Å². The Balaban J connectivity index is 1.77. The van der Waals surface area contributed by atoms with Crippen LogP contribution in [-0.4, -0.2) is 14.5 Å². The van der Waals surface area contributed by atoms with E-state index < -0.39 is 0 Å². The van der Waals surface area contributed by atoms with E-state index in [4.69, 9.17) is 28.5 Å². The van der Waals surface area contributed by atoms with E-state index in [0.717, 1.165) is 33.2 Å². The summed E-state index contributed by atoms with van der Waals surface area (Å²) in [7, 11) is 0. The molecular weight excluding hydrogens is 423 g/mol. The molecule has 0 amide bonds. The molecule has 0 aliphatic heterocycles. The fourth-order valence-electron chi connectivity index (χ4n) is 3.47. The van der Waals surface area contributed by atoms with Crippen molar-refractivity contribution in [3.8, 4) is 22.9 Å². The van der Waals surface area contributed by atoms with Gasteiger partial charge in [-0.15, -0.1) is 0 Å². The molecule has 0 radical (unpaired) electrons. The van der Waals surface area contributed by atoms with Gasteiger partial charge in [-0.05, 0) is 52.2 Å². The number of benzene rings is 2. The molecule has 0 aliphatic rings. The van der Waals surface area contributed by atoms with Gasteiger partial charge in [-0.1, -0.05) is 29.3 Å². The first kappa shape index (κ1) is 18.1. The molecule has 4 nitrogen and oxygen atoms in total. The van der Waals surface area contributed by atoms with E-state index in [9.17, 15) is 0 Å². The van der Waals surface area contributed by atoms with Crippen molar-refractivity contribution in [3.05, 3.63) is 75.3 Å². The number of pyridine rings is 1. The van der Waals surface area contributed by atoms with Gasteiger partial charge in [-0.3, -0.25) is 9.55 Å². The van der Waals surface area contributed by atoms with Crippen molar-refractivity contribution in [3.63, 3.8) is 0 Å². The van der Waals surface area contributed by atoms with Gasteiger partial charge < -0.3 is 0 Å². The molecule has 0 fully saturated rings. The van der Waals surface area contributed by atoms with Gasteiger partial charge >= 0.3 is 0 Å². The van der Waals surface area contributed by atoms with Gasteiger partial charge in [0, 0.05) is 21.0 Å². The molecule has 29 heavy (non-hydrogen) atoms. The molecule has 0 aliphatic carbocycles. The predicted molar refractivity (Wildman–Crippen MR) is 119 cm³/mol. The largest absolute Gasteiger partial charge is 0.298 e. The molecule has 0 N–H and O–H groups in total. The van der Waals surface area contributed by atoms with Gasteiger partial charge in [-0.2, -0.15) is 16.6 Å². The van der Waals surface area contributed by atoms with Crippen molar-refractivity contribution in [1.82, 2.24) is 14.5 Å². The Hall–Kier alpha value is -2.91. The van der Waals surface area contributed by atoms with Crippen LogP contribution in [0.25, 0.3) is 38.8 Å². The van der Waals surface area contributed by atoms with Gasteiger partial charge in [0.2, 0.25) is 0 Å². The molecule has 2 aromatic carbocycles. The highest BCUT2D eigenvalue weighted by Gasteiger charge is 2.14. The Morgan fingerprint density at radius 2 is 1.83 bits per heavy atom. The minimum absolute atomic E-state index is 0.166. The number of halogens is 2. The second-order valence-corrected chi connectivity index (χ2v) is 8.17. The lowest BCUT2D eigenvalue weighted by Crippen LogP contribution is -1.96. The number of nitriles is 1. The van der Waals surface area contributed by atoms with E-state index in [1.807, 2.05) is 22.8 Å². The lowest BCUT2D eigenvalue weighted by Gasteiger charge is -2.11. The fraction of sp³-hybridized carbons (Fsp3) is 0.0455. The van der Waals surface area contributed by atoms with Crippen molar-refractivity contribution < 1.29 is 0 Å². The minimum Gasteiger partial charge on any atom is -0.298 e. The molecule has 5 aromatic rings. The van der Waals surface area contributed by atoms with Crippen molar-refractivity contribution in [2.24, 2.45) is 0 Å². The number of hydrogen-bond acceptors (Lipinski definition) is 4. The maximum Gasteiger partial charge on any atom is 0.108 e. The average Bonchev–Trinajstić information content (AvgIpc) is 3.40. The molecule has 3 heterocycles. The summed E-state index contributed by atoms with van der Waals surface area (Å²) < 4.78 is 1.96. The number of thiophene rings is 1. The quantitative estimate of drug-likeness (QED) is 0.318. The van der Waals surface area contributed by atoms with Crippen LogP contribution in [0.4, 0.5) is 0 Å². The van der Waals surface area contributed by atoms with E-state index in [1.54, 1.807) is 23.9 Å². The van der Waals surface area contributed by atoms with Crippen LogP contribution in [0.3, 0.4) is 0 Å². The summed E-state index contributed by atoms with van der Waals surface area (Å²) >= 11 is 14.5. The topological polar surface area (TPSA) is 54.5 Å². The Morgan fingerprint density at radius 3 is 2.55 bits per heavy atom. The number of hydrogen-bond donors (Lipinski definition) is 0. The number of imidazole rings is 1. The summed E-state index contributed by atoms with van der Waals surface area (Å²) in [5.41, 5.74) is 6.33. The van der Waals surface area contributed by atoms with Gasteiger partial charge in [0.15, 0.2) is 0 Å². The van der Waals surface area contributed by atoms with Crippen LogP contribution in [0.1, 0.15) is 5.56 Å². The Kier molecular flexibility index (Phi) is 4.48. The van der Waals surface area contributed by atoms with Crippen LogP contribution in [0.15, 0.2) is 59.7 Å². The molecule has 0 atom stereocenters. The third kappa shape index (κ3) is 3.06. The van der Waals surface area contributed by atoms with Crippen LogP contribution >= 0.6 is 34.5 Å². The van der Waals surface area contributed by atoms with Gasteiger partial charge in [-0.25, -0.2) is 4.98 Å². The van der Waals surface area contributed by atoms with Crippen molar-refractivity contribution in [1.29, 1.82) is 5.26 Å². The highest BCUT2D eigenvalue weighted by molar-refractivity contribution is 7.08. The molecular formula is C22H12Cl2N4S. The summed E-state index contributed by atoms with van der Waals surface area (Å²) in [6.45, 7) is 0. The highest BCUT2D eigenvalue weighted by Crippen LogP contribution is 2.33. The van der Waals surface area contributed by atoms with Gasteiger partial charge in [0.25, 0.3) is 0 Å². The zero-order chi connectivity index (χ0) is 20.0. The number of rotatable bonds is 3. The van der Waals surface area contributed by atoms with Crippen LogP contribution < -0.4 is 0 Å². The average molecular weight is 435 g/mol. The highest BCUT2D eigenvalue weighted by atomic mass is 35.5. The molecule has 7 heteroatoms. The Bertz CT molecular complexity index is 1390. The smallest absolute Gasteiger partial charge is 0.108 e. The first-order valence-corrected chi connectivity index (χ1v) is 10.5. The summed E-state index contributed by atoms with van der Waals surface area (Å²) in [5, 5.41) is 15.1. The number of nitrogens with zero attached hydrogens (tertiary/aromatic N) is 4. The predicted octanol–water partition coefficient (Wildman–Crippen LogP) is 6.68. The Morgan fingerprint density at radius 1 is 1.00 bits per heavy atom. The number of aromatic nitrogens is 3. The molecule has 5 rings (SSSR count). The standard InChI is InChI=1S/C22H12Cl2N4S/c23-18-8-15(9-19(24)16(18)3-5-25)28-12-27-21-10-26-20-2-1-13(7-17(20)22(21)28)14-4-6-29-11-14/h1-2,4,6-12H,3H2. The summed E-state index contributed by atoms with van der Waals surface area (Å²) in [6.07, 6.45) is 3.68. The molecule has 0 unspecified atom stereocenters. The summed E-state index contributed by atoms with van der Waals surface area (Å²) in [5.74, 6) is 0. The van der Waals surface area contributed by atoms with E-state index in [1.165, 1.54) is 5.56 Å². The van der Waals surface area contributed by atoms with Crippen LogP contribution in [-0.2, 0) is 6.42 Å². The first-order valence-electron chi connectivity index (χ1n) is 8.79. The SMILES string of the molecule is N#CCc1c(Cl)cc(-n2cnc3cnc4ccc(-c5ccsc5)cc4c32)cc1Cl. The monoisotopic (exact) mass is 434 g/mol. The molecule has 0 spiro atoms. The van der Waals surface area contributed by atoms with Crippen molar-refractivity contribution >= 4 is 56.5 Å². The maximum absolute atomic E-state index is 9.00. The third-order valence-electron chi connectivity index (χ3n) is 4.89. The van der Waals surface area contributed by atoms with E-state index in [2.05, 4.69) is 45.0 Å². The lowest BCUT2D eigenvalue weighted by molar-refractivity contribution is 1.09. The molecule has 140 valence electrons. The molecule has 3 aromatic heterocycles. The van der Waals surface area contributed by atoms with E-state index >= 15 is 0 Å². The zero-order valence-electron chi connectivity index (χ0n) is 14.9. The van der Waals surface area contributed by atoms with Crippen LogP contribution in [0, 0.1) is 11.3 Å². The van der Waals surface area contributed by atoms with Crippen LogP contribution in [0.2, 0.25) is 10.0 Å². The normalized spacial score (nSPS) is 11.2. The molecule has 0 bridgehead atoms. The summed E-state index contributed by atoms with van der Waals surface area (Å²) in [6, 6.07) is 14.1. The second-order valence-electron chi connectivity index (χ2n) is 6.57. The summed E-state index contributed by atoms with van der Waals surface area (Å²) in [4.78, 5) is 9.07. The maximum atomic E-state index is 9.00.